The van der Waals surface area contributed by atoms with Crippen LogP contribution in [0.1, 0.15) is 84.0 Å². The Morgan fingerprint density at radius 3 is 2.49 bits per heavy atom. The fourth-order valence-corrected chi connectivity index (χ4v) is 7.59. The van der Waals surface area contributed by atoms with Crippen molar-refractivity contribution in [2.75, 3.05) is 18.5 Å². The molecule has 2 aliphatic rings. The average Bonchev–Trinajstić information content (AvgIpc) is 3.56. The molecule has 13 nitrogen and oxygen atoms in total. The molecule has 3 aromatic rings. The number of hydrogen-bond donors (Lipinski definition) is 2. The molecule has 18 heteroatoms. The molecule has 0 aromatic carbocycles. The van der Waals surface area contributed by atoms with Gasteiger partial charge in [0, 0.05) is 30.4 Å². The molecule has 1 aliphatic carbocycles. The molecule has 1 saturated heterocycles. The van der Waals surface area contributed by atoms with E-state index in [1.807, 2.05) is 46.3 Å². The van der Waals surface area contributed by atoms with Crippen LogP contribution >= 0.6 is 11.6 Å². The number of pyridine rings is 2. The van der Waals surface area contributed by atoms with Gasteiger partial charge in [-0.2, -0.15) is 21.6 Å². The Bertz CT molecular complexity index is 1920. The maximum Gasteiger partial charge on any atom is 0.410 e. The summed E-state index contributed by atoms with van der Waals surface area (Å²) in [5.41, 5.74) is -1.14. The van der Waals surface area contributed by atoms with Crippen LogP contribution in [-0.4, -0.2) is 81.6 Å². The first kappa shape index (κ1) is 40.1. The van der Waals surface area contributed by atoms with Gasteiger partial charge in [-0.1, -0.05) is 17.7 Å². The molecule has 5 rings (SSSR count). The van der Waals surface area contributed by atoms with Gasteiger partial charge in [0.2, 0.25) is 5.88 Å². The summed E-state index contributed by atoms with van der Waals surface area (Å²) < 4.78 is 78.9. The van der Waals surface area contributed by atoms with Gasteiger partial charge < -0.3 is 19.7 Å². The fraction of sp³-hybridized carbons (Fsp3) is 0.571. The first-order chi connectivity index (χ1) is 24.6. The number of anilines is 1. The van der Waals surface area contributed by atoms with E-state index in [1.165, 1.54) is 41.2 Å². The third kappa shape index (κ3) is 10.5. The number of hydrogen-bond acceptors (Lipinski definition) is 10. The van der Waals surface area contributed by atoms with Crippen LogP contribution in [0.2, 0.25) is 5.15 Å². The molecule has 4 heterocycles. The van der Waals surface area contributed by atoms with E-state index < -0.39 is 39.5 Å². The topological polar surface area (TPSA) is 158 Å². The molecular formula is C35H45ClF3N7O6S. The summed E-state index contributed by atoms with van der Waals surface area (Å²) in [6, 6.07) is 8.50. The Morgan fingerprint density at radius 1 is 1.09 bits per heavy atom. The highest BCUT2D eigenvalue weighted by Crippen LogP contribution is 2.51. The molecule has 1 aliphatic heterocycles. The van der Waals surface area contributed by atoms with Gasteiger partial charge in [-0.3, -0.25) is 4.79 Å². The lowest BCUT2D eigenvalue weighted by Gasteiger charge is -2.33. The fourth-order valence-electron chi connectivity index (χ4n) is 6.42. The van der Waals surface area contributed by atoms with Crippen LogP contribution < -0.4 is 14.8 Å². The number of nitrogens with zero attached hydrogens (tertiary/aromatic N) is 5. The van der Waals surface area contributed by atoms with Gasteiger partial charge in [-0.05, 0) is 110 Å². The van der Waals surface area contributed by atoms with Crippen LogP contribution in [0.4, 0.5) is 23.8 Å². The third-order valence-corrected chi connectivity index (χ3v) is 10.7. The van der Waals surface area contributed by atoms with Crippen molar-refractivity contribution in [2.45, 2.75) is 102 Å². The van der Waals surface area contributed by atoms with Crippen LogP contribution in [0.3, 0.4) is 0 Å². The van der Waals surface area contributed by atoms with Crippen LogP contribution in [-0.2, 0) is 14.8 Å². The second kappa shape index (κ2) is 15.3. The molecule has 1 saturated carbocycles. The highest BCUT2D eigenvalue weighted by molar-refractivity contribution is 7.90. The lowest BCUT2D eigenvalue weighted by molar-refractivity contribution is -0.151. The van der Waals surface area contributed by atoms with Gasteiger partial charge in [-0.25, -0.2) is 24.2 Å². The Hall–Kier alpha value is -4.12. The number of carbonyl (C=O) groups excluding carboxylic acids is 2. The van der Waals surface area contributed by atoms with Crippen LogP contribution in [0, 0.1) is 17.8 Å². The van der Waals surface area contributed by atoms with Gasteiger partial charge in [0.25, 0.3) is 15.9 Å². The highest BCUT2D eigenvalue weighted by Gasteiger charge is 2.55. The van der Waals surface area contributed by atoms with Crippen molar-refractivity contribution in [3.8, 4) is 11.7 Å². The number of rotatable bonds is 13. The second-order valence-electron chi connectivity index (χ2n) is 15.3. The number of amides is 2. The van der Waals surface area contributed by atoms with Crippen molar-refractivity contribution in [3.05, 3.63) is 53.3 Å². The van der Waals surface area contributed by atoms with Crippen molar-refractivity contribution in [1.82, 2.24) is 29.4 Å². The monoisotopic (exact) mass is 783 g/mol. The van der Waals surface area contributed by atoms with Crippen molar-refractivity contribution in [2.24, 2.45) is 17.8 Å². The molecule has 2 fully saturated rings. The van der Waals surface area contributed by atoms with E-state index >= 15 is 0 Å². The predicted octanol–water partition coefficient (Wildman–Crippen LogP) is 7.02. The zero-order valence-electron chi connectivity index (χ0n) is 30.4. The Balaban J connectivity index is 1.12. The van der Waals surface area contributed by atoms with Gasteiger partial charge in [0.1, 0.15) is 16.6 Å². The quantitative estimate of drug-likeness (QED) is 0.173. The zero-order chi connectivity index (χ0) is 38.9. The molecule has 2 N–H and O–H groups in total. The lowest BCUT2D eigenvalue weighted by Crippen LogP contribution is -2.45. The Morgan fingerprint density at radius 2 is 1.83 bits per heavy atom. The minimum atomic E-state index is -4.41. The molecule has 4 atom stereocenters. The van der Waals surface area contributed by atoms with Crippen molar-refractivity contribution < 1.29 is 40.7 Å². The molecule has 0 bridgehead atoms. The molecule has 2 amide bonds. The first-order valence-electron chi connectivity index (χ1n) is 17.3. The minimum absolute atomic E-state index is 0.0690. The van der Waals surface area contributed by atoms with Crippen LogP contribution in [0.15, 0.2) is 47.6 Å². The number of aromatic nitrogens is 4. The molecule has 0 spiro atoms. The molecule has 3 aromatic heterocycles. The second-order valence-corrected chi connectivity index (χ2v) is 17.3. The summed E-state index contributed by atoms with van der Waals surface area (Å²) >= 11 is 6.27. The van der Waals surface area contributed by atoms with Gasteiger partial charge in [0.05, 0.1) is 18.1 Å². The number of alkyl halides is 3. The summed E-state index contributed by atoms with van der Waals surface area (Å²) in [7, 11) is -4.41. The van der Waals surface area contributed by atoms with Gasteiger partial charge >= 0.3 is 12.3 Å². The highest BCUT2D eigenvalue weighted by atomic mass is 35.5. The van der Waals surface area contributed by atoms with E-state index in [2.05, 4.69) is 20.4 Å². The maximum atomic E-state index is 13.2. The largest absolute Gasteiger partial charge is 0.477 e. The van der Waals surface area contributed by atoms with Crippen molar-refractivity contribution >= 4 is 39.4 Å². The van der Waals surface area contributed by atoms with Crippen molar-refractivity contribution in [1.29, 1.82) is 0 Å². The zero-order valence-corrected chi connectivity index (χ0v) is 32.0. The summed E-state index contributed by atoms with van der Waals surface area (Å²) in [6.45, 7) is 12.2. The molecule has 290 valence electrons. The first-order valence-corrected chi connectivity index (χ1v) is 19.2. The van der Waals surface area contributed by atoms with E-state index in [0.717, 1.165) is 19.3 Å². The number of halogens is 4. The van der Waals surface area contributed by atoms with Gasteiger partial charge in [-0.15, -0.1) is 5.10 Å². The third-order valence-electron chi connectivity index (χ3n) is 9.16. The normalized spacial score (nSPS) is 20.5. The van der Waals surface area contributed by atoms with Crippen molar-refractivity contribution in [3.63, 3.8) is 0 Å². The molecule has 0 radical (unpaired) electrons. The number of likely N-dealkylation sites (tertiary alicyclic amines) is 1. The Kier molecular flexibility index (Phi) is 11.6. The molecule has 53 heavy (non-hydrogen) atoms. The summed E-state index contributed by atoms with van der Waals surface area (Å²) in [5.74, 6) is -1.82. The van der Waals surface area contributed by atoms with E-state index in [9.17, 15) is 31.2 Å². The summed E-state index contributed by atoms with van der Waals surface area (Å²) in [5, 5.41) is 6.74. The van der Waals surface area contributed by atoms with E-state index in [4.69, 9.17) is 21.1 Å². The van der Waals surface area contributed by atoms with Crippen LogP contribution in [0.25, 0.3) is 5.82 Å². The average molecular weight is 784 g/mol. The minimum Gasteiger partial charge on any atom is -0.477 e. The lowest BCUT2D eigenvalue weighted by atomic mass is 9.92. The summed E-state index contributed by atoms with van der Waals surface area (Å²) in [6.07, 6.45) is -0.279. The number of nitrogens with one attached hydrogen (secondary N) is 2. The molecular weight excluding hydrogens is 739 g/mol. The SMILES string of the molecule is CC(CCC1CN(C(=O)OC(C)(C)C)C(C)(C)C1)Nc1cccc(S(=O)(=O)NC(=O)c2ccc(-n3ccc(OCCC4CC4C(F)(F)F)n3)nc2Cl)n1. The van der Waals surface area contributed by atoms with E-state index in [-0.39, 0.29) is 70.5 Å². The van der Waals surface area contributed by atoms with Crippen LogP contribution in [0.5, 0.6) is 5.88 Å². The van der Waals surface area contributed by atoms with E-state index in [1.54, 1.807) is 11.0 Å². The van der Waals surface area contributed by atoms with Gasteiger partial charge in [0.15, 0.2) is 10.8 Å². The standard InChI is InChI=1S/C35H45ClF3N7O6S/c1-21(10-11-22-19-34(5,6)45(20-22)32(48)52-33(2,3)4)40-26-8-7-9-29(41-26)53(49,50)44-31(47)24-12-13-27(42-30(24)36)46-16-14-28(43-46)51-17-15-23-18-25(23)35(37,38)39/h7-9,12-14,16,21-23,25H,10-11,15,17-20H2,1-6H3,(H,40,41)(H,44,47). The summed E-state index contributed by atoms with van der Waals surface area (Å²) in [4.78, 5) is 36.0. The number of sulfonamides is 1. The maximum absolute atomic E-state index is 13.2. The van der Waals surface area contributed by atoms with E-state index in [0.29, 0.717) is 12.4 Å². The Labute approximate surface area is 312 Å². The smallest absolute Gasteiger partial charge is 0.410 e. The molecule has 4 unspecified atom stereocenters. The number of ether oxygens (including phenoxy) is 2. The number of carbonyl (C=O) groups is 2. The predicted molar refractivity (Wildman–Crippen MR) is 190 cm³/mol.